The number of ether oxygens (including phenoxy) is 1. The van der Waals surface area contributed by atoms with E-state index in [-0.39, 0.29) is 24.8 Å². The van der Waals surface area contributed by atoms with Gasteiger partial charge in [-0.2, -0.15) is 0 Å². The van der Waals surface area contributed by atoms with E-state index in [1.165, 1.54) is 4.90 Å². The minimum absolute atomic E-state index is 0.0997. The van der Waals surface area contributed by atoms with Crippen LogP contribution in [0, 0.1) is 0 Å². The molecule has 1 aromatic carbocycles. The molecule has 2 aromatic heterocycles. The highest BCUT2D eigenvalue weighted by Crippen LogP contribution is 2.18. The van der Waals surface area contributed by atoms with Crippen molar-refractivity contribution in [3.8, 4) is 0 Å². The molecule has 0 unspecified atom stereocenters. The van der Waals surface area contributed by atoms with Gasteiger partial charge in [-0.25, -0.2) is 9.97 Å². The maximum atomic E-state index is 13.0. The Morgan fingerprint density at radius 1 is 1.20 bits per heavy atom. The molecular formula is C18H18N4O3. The van der Waals surface area contributed by atoms with Crippen LogP contribution in [0.1, 0.15) is 23.7 Å². The zero-order valence-electron chi connectivity index (χ0n) is 13.8. The molecule has 3 rings (SSSR count). The molecule has 0 spiro atoms. The van der Waals surface area contributed by atoms with Gasteiger partial charge in [-0.1, -0.05) is 6.07 Å². The normalized spacial score (nSPS) is 10.6. The number of carbonyl (C=O) groups is 2. The molecule has 0 saturated carbocycles. The summed E-state index contributed by atoms with van der Waals surface area (Å²) in [5, 5.41) is 0. The number of nitrogens with zero attached hydrogens (tertiary/aromatic N) is 3. The number of esters is 1. The van der Waals surface area contributed by atoms with Crippen LogP contribution in [0.25, 0.3) is 11.0 Å². The largest absolute Gasteiger partial charge is 0.466 e. The van der Waals surface area contributed by atoms with E-state index in [0.717, 1.165) is 11.0 Å². The number of H-pyrrole nitrogens is 1. The van der Waals surface area contributed by atoms with E-state index in [1.54, 1.807) is 55.8 Å². The number of hydrogen-bond donors (Lipinski definition) is 1. The predicted molar refractivity (Wildman–Crippen MR) is 93.3 cm³/mol. The molecule has 0 bridgehead atoms. The van der Waals surface area contributed by atoms with E-state index in [1.807, 2.05) is 0 Å². The summed E-state index contributed by atoms with van der Waals surface area (Å²) < 4.78 is 4.95. The van der Waals surface area contributed by atoms with Crippen LogP contribution in [-0.4, -0.2) is 40.0 Å². The van der Waals surface area contributed by atoms with E-state index in [0.29, 0.717) is 18.0 Å². The van der Waals surface area contributed by atoms with Crippen LogP contribution in [0.5, 0.6) is 0 Å². The van der Waals surface area contributed by atoms with Gasteiger partial charge in [-0.15, -0.1) is 0 Å². The smallest absolute Gasteiger partial charge is 0.307 e. The summed E-state index contributed by atoms with van der Waals surface area (Å²) in [5.74, 6) is -0.0961. The van der Waals surface area contributed by atoms with Crippen molar-refractivity contribution in [1.82, 2.24) is 15.0 Å². The van der Waals surface area contributed by atoms with Crippen LogP contribution in [0.3, 0.4) is 0 Å². The van der Waals surface area contributed by atoms with Gasteiger partial charge in [0.25, 0.3) is 5.91 Å². The van der Waals surface area contributed by atoms with E-state index in [4.69, 9.17) is 4.74 Å². The number of aromatic nitrogens is 3. The Kier molecular flexibility index (Phi) is 5.03. The quantitative estimate of drug-likeness (QED) is 0.698. The molecular weight excluding hydrogens is 320 g/mol. The van der Waals surface area contributed by atoms with E-state index in [2.05, 4.69) is 15.0 Å². The number of fused-ring (bicyclic) bond motifs is 1. The lowest BCUT2D eigenvalue weighted by molar-refractivity contribution is -0.142. The van der Waals surface area contributed by atoms with E-state index in [9.17, 15) is 9.59 Å². The zero-order chi connectivity index (χ0) is 17.6. The van der Waals surface area contributed by atoms with Crippen LogP contribution in [0.4, 0.5) is 5.82 Å². The Bertz CT molecular complexity index is 876. The van der Waals surface area contributed by atoms with Crippen molar-refractivity contribution < 1.29 is 14.3 Å². The van der Waals surface area contributed by atoms with E-state index < -0.39 is 0 Å². The van der Waals surface area contributed by atoms with Crippen molar-refractivity contribution in [2.75, 3.05) is 18.1 Å². The summed E-state index contributed by atoms with van der Waals surface area (Å²) in [5.41, 5.74) is 2.05. The SMILES string of the molecule is CCOC(=O)CCN(C(=O)c1ccc2nc[nH]c2c1)c1ccccn1. The van der Waals surface area contributed by atoms with Crippen LogP contribution in [-0.2, 0) is 9.53 Å². The number of anilines is 1. The van der Waals surface area contributed by atoms with Gasteiger partial charge < -0.3 is 9.72 Å². The minimum Gasteiger partial charge on any atom is -0.466 e. The maximum absolute atomic E-state index is 13.0. The number of pyridine rings is 1. The van der Waals surface area contributed by atoms with Gasteiger partial charge in [0.1, 0.15) is 5.82 Å². The lowest BCUT2D eigenvalue weighted by Gasteiger charge is -2.21. The topological polar surface area (TPSA) is 88.2 Å². The first kappa shape index (κ1) is 16.6. The van der Waals surface area contributed by atoms with Gasteiger partial charge in [0, 0.05) is 18.3 Å². The standard InChI is InChI=1S/C18H18N4O3/c1-2-25-17(23)8-10-22(16-5-3-4-9-19-16)18(24)13-6-7-14-15(11-13)21-12-20-14/h3-7,9,11-12H,2,8,10H2,1H3,(H,20,21). The zero-order valence-corrected chi connectivity index (χ0v) is 13.8. The molecule has 7 heteroatoms. The molecule has 2 heterocycles. The second-order valence-electron chi connectivity index (χ2n) is 5.33. The van der Waals surface area contributed by atoms with Crippen molar-refractivity contribution in [2.45, 2.75) is 13.3 Å². The monoisotopic (exact) mass is 338 g/mol. The maximum Gasteiger partial charge on any atom is 0.307 e. The van der Waals surface area contributed by atoms with Gasteiger partial charge >= 0.3 is 5.97 Å². The number of aromatic amines is 1. The first-order valence-electron chi connectivity index (χ1n) is 8.00. The van der Waals surface area contributed by atoms with Crippen molar-refractivity contribution in [3.63, 3.8) is 0 Å². The Morgan fingerprint density at radius 2 is 2.08 bits per heavy atom. The van der Waals surface area contributed by atoms with Crippen molar-refractivity contribution >= 4 is 28.7 Å². The highest BCUT2D eigenvalue weighted by atomic mass is 16.5. The lowest BCUT2D eigenvalue weighted by Crippen LogP contribution is -2.34. The number of rotatable bonds is 6. The summed E-state index contributed by atoms with van der Waals surface area (Å²) in [6.07, 6.45) is 3.29. The summed E-state index contributed by atoms with van der Waals surface area (Å²) in [6, 6.07) is 10.5. The molecule has 0 fully saturated rings. The van der Waals surface area contributed by atoms with Gasteiger partial charge in [0.2, 0.25) is 0 Å². The lowest BCUT2D eigenvalue weighted by atomic mass is 10.1. The number of imidazole rings is 1. The van der Waals surface area contributed by atoms with Gasteiger partial charge in [-0.05, 0) is 37.3 Å². The number of benzene rings is 1. The molecule has 7 nitrogen and oxygen atoms in total. The summed E-state index contributed by atoms with van der Waals surface area (Å²) in [4.78, 5) is 37.5. The Hall–Kier alpha value is -3.22. The van der Waals surface area contributed by atoms with Gasteiger partial charge in [-0.3, -0.25) is 14.5 Å². The third-order valence-electron chi connectivity index (χ3n) is 3.68. The average Bonchev–Trinajstić information content (AvgIpc) is 3.10. The third kappa shape index (κ3) is 3.82. The highest BCUT2D eigenvalue weighted by Gasteiger charge is 2.20. The molecule has 0 aliphatic heterocycles. The number of nitrogens with one attached hydrogen (secondary N) is 1. The van der Waals surface area contributed by atoms with Crippen LogP contribution >= 0.6 is 0 Å². The van der Waals surface area contributed by atoms with Crippen molar-refractivity contribution in [3.05, 3.63) is 54.5 Å². The second-order valence-corrected chi connectivity index (χ2v) is 5.33. The Morgan fingerprint density at radius 3 is 2.84 bits per heavy atom. The number of amides is 1. The third-order valence-corrected chi connectivity index (χ3v) is 3.68. The predicted octanol–water partition coefficient (Wildman–Crippen LogP) is 2.56. The molecule has 0 aliphatic rings. The van der Waals surface area contributed by atoms with Gasteiger partial charge in [0.15, 0.2) is 0 Å². The molecule has 3 aromatic rings. The van der Waals surface area contributed by atoms with Crippen molar-refractivity contribution in [2.24, 2.45) is 0 Å². The second kappa shape index (κ2) is 7.57. The summed E-state index contributed by atoms with van der Waals surface area (Å²) in [6.45, 7) is 2.25. The van der Waals surface area contributed by atoms with Crippen LogP contribution in [0.15, 0.2) is 48.9 Å². The fourth-order valence-corrected chi connectivity index (χ4v) is 2.49. The highest BCUT2D eigenvalue weighted by molar-refractivity contribution is 6.07. The number of hydrogen-bond acceptors (Lipinski definition) is 5. The fraction of sp³-hybridized carbons (Fsp3) is 0.222. The van der Waals surface area contributed by atoms with Gasteiger partial charge in [0.05, 0.1) is 30.4 Å². The molecule has 1 amide bonds. The van der Waals surface area contributed by atoms with Crippen molar-refractivity contribution in [1.29, 1.82) is 0 Å². The minimum atomic E-state index is -0.347. The molecule has 0 saturated heterocycles. The number of carbonyl (C=O) groups excluding carboxylic acids is 2. The first-order chi connectivity index (χ1) is 12.2. The molecule has 0 atom stereocenters. The molecule has 0 radical (unpaired) electrons. The summed E-state index contributed by atoms with van der Waals surface area (Å²) >= 11 is 0. The molecule has 25 heavy (non-hydrogen) atoms. The van der Waals surface area contributed by atoms with Crippen LogP contribution < -0.4 is 4.90 Å². The fourth-order valence-electron chi connectivity index (χ4n) is 2.49. The molecule has 128 valence electrons. The molecule has 0 aliphatic carbocycles. The Labute approximate surface area is 144 Å². The Balaban J connectivity index is 1.86. The van der Waals surface area contributed by atoms with Crippen LogP contribution in [0.2, 0.25) is 0 Å². The average molecular weight is 338 g/mol. The van der Waals surface area contributed by atoms with E-state index >= 15 is 0 Å². The molecule has 1 N–H and O–H groups in total. The summed E-state index contributed by atoms with van der Waals surface area (Å²) in [7, 11) is 0. The first-order valence-corrected chi connectivity index (χ1v) is 8.00.